The van der Waals surface area contributed by atoms with E-state index in [1.54, 1.807) is 12.1 Å². The van der Waals surface area contributed by atoms with E-state index in [9.17, 15) is 13.2 Å². The molecular weight excluding hydrogens is 221 g/mol. The number of nitrogens with zero attached hydrogens (tertiary/aromatic N) is 1. The predicted molar refractivity (Wildman–Crippen MR) is 53.2 cm³/mol. The van der Waals surface area contributed by atoms with Gasteiger partial charge in [0, 0.05) is 12.1 Å². The average Bonchev–Trinajstić information content (AvgIpc) is 2.19. The molecule has 0 amide bonds. The number of hydrogen-bond acceptors (Lipinski definition) is 3. The van der Waals surface area contributed by atoms with Gasteiger partial charge in [-0.15, -0.1) is 0 Å². The highest BCUT2D eigenvalue weighted by atomic mass is 19.4. The number of nitrogens with two attached hydrogens (primary N) is 1. The molecule has 0 bridgehead atoms. The monoisotopic (exact) mass is 234 g/mol. The van der Waals surface area contributed by atoms with Crippen LogP contribution < -0.4 is 10.5 Å². The van der Waals surface area contributed by atoms with Crippen LogP contribution in [0, 0.1) is 0 Å². The Morgan fingerprint density at radius 2 is 2.06 bits per heavy atom. The Kier molecular flexibility index (Phi) is 4.54. The molecular formula is C10H13F3N2O. The minimum Gasteiger partial charge on any atom is -0.492 e. The molecule has 1 aromatic heterocycles. The Bertz CT molecular complexity index is 311. The zero-order chi connectivity index (χ0) is 12.0. The van der Waals surface area contributed by atoms with Crippen LogP contribution in [0.1, 0.15) is 12.1 Å². The molecule has 0 saturated carbocycles. The van der Waals surface area contributed by atoms with Gasteiger partial charge in [-0.2, -0.15) is 13.2 Å². The third kappa shape index (κ3) is 4.97. The van der Waals surface area contributed by atoms with Crippen LogP contribution in [0.2, 0.25) is 0 Å². The van der Waals surface area contributed by atoms with Crippen LogP contribution >= 0.6 is 0 Å². The summed E-state index contributed by atoms with van der Waals surface area (Å²) in [6, 6.07) is 3.28. The summed E-state index contributed by atoms with van der Waals surface area (Å²) in [7, 11) is 0. The van der Waals surface area contributed by atoms with Gasteiger partial charge in [-0.25, -0.2) is 0 Å². The largest absolute Gasteiger partial charge is 0.492 e. The third-order valence-corrected chi connectivity index (χ3v) is 1.85. The molecule has 90 valence electrons. The highest BCUT2D eigenvalue weighted by Gasteiger charge is 2.26. The van der Waals surface area contributed by atoms with Crippen LogP contribution in [0.15, 0.2) is 18.3 Å². The minimum atomic E-state index is -4.19. The van der Waals surface area contributed by atoms with E-state index in [0.29, 0.717) is 18.7 Å². The topological polar surface area (TPSA) is 48.1 Å². The fourth-order valence-electron chi connectivity index (χ4n) is 1.08. The van der Waals surface area contributed by atoms with Gasteiger partial charge in [-0.1, -0.05) is 0 Å². The van der Waals surface area contributed by atoms with Crippen LogP contribution in [0.25, 0.3) is 0 Å². The first kappa shape index (κ1) is 12.8. The maximum atomic E-state index is 11.8. The molecule has 0 saturated heterocycles. The van der Waals surface area contributed by atoms with Gasteiger partial charge in [0.1, 0.15) is 5.75 Å². The van der Waals surface area contributed by atoms with Gasteiger partial charge in [-0.05, 0) is 18.7 Å². The number of pyridine rings is 1. The molecule has 0 spiro atoms. The van der Waals surface area contributed by atoms with Crippen LogP contribution in [-0.2, 0) is 6.42 Å². The molecule has 0 unspecified atom stereocenters. The van der Waals surface area contributed by atoms with Gasteiger partial charge in [0.05, 0.1) is 19.2 Å². The van der Waals surface area contributed by atoms with E-state index in [1.807, 2.05) is 0 Å². The van der Waals surface area contributed by atoms with Crippen molar-refractivity contribution < 1.29 is 17.9 Å². The molecule has 3 nitrogen and oxygen atoms in total. The molecule has 16 heavy (non-hydrogen) atoms. The normalized spacial score (nSPS) is 11.5. The summed E-state index contributed by atoms with van der Waals surface area (Å²) in [6.07, 6.45) is -3.10. The van der Waals surface area contributed by atoms with Crippen LogP contribution in [-0.4, -0.2) is 24.3 Å². The molecule has 0 radical (unpaired) electrons. The zero-order valence-corrected chi connectivity index (χ0v) is 8.63. The number of rotatable bonds is 5. The van der Waals surface area contributed by atoms with E-state index in [4.69, 9.17) is 10.5 Å². The van der Waals surface area contributed by atoms with Crippen molar-refractivity contribution in [2.75, 3.05) is 13.2 Å². The predicted octanol–water partition coefficient (Wildman–Crippen LogP) is 1.91. The van der Waals surface area contributed by atoms with Crippen molar-refractivity contribution in [1.29, 1.82) is 0 Å². The van der Waals surface area contributed by atoms with Crippen molar-refractivity contribution in [2.45, 2.75) is 19.0 Å². The second kappa shape index (κ2) is 5.69. The Labute approximate surface area is 91.4 Å². The van der Waals surface area contributed by atoms with Gasteiger partial charge in [0.25, 0.3) is 0 Å². The quantitative estimate of drug-likeness (QED) is 0.846. The van der Waals surface area contributed by atoms with Crippen molar-refractivity contribution in [3.63, 3.8) is 0 Å². The summed E-state index contributed by atoms with van der Waals surface area (Å²) in [5.41, 5.74) is 6.13. The smallest absolute Gasteiger partial charge is 0.392 e. The summed E-state index contributed by atoms with van der Waals surface area (Å²) in [4.78, 5) is 4.00. The molecule has 0 aliphatic rings. The van der Waals surface area contributed by atoms with E-state index >= 15 is 0 Å². The lowest BCUT2D eigenvalue weighted by Gasteiger charge is -2.08. The number of aromatic nitrogens is 1. The maximum Gasteiger partial charge on any atom is 0.392 e. The lowest BCUT2D eigenvalue weighted by atomic mass is 10.3. The fourth-order valence-corrected chi connectivity index (χ4v) is 1.08. The zero-order valence-electron chi connectivity index (χ0n) is 8.63. The number of halogens is 3. The molecule has 6 heteroatoms. The minimum absolute atomic E-state index is 0.338. The maximum absolute atomic E-state index is 11.8. The van der Waals surface area contributed by atoms with Crippen LogP contribution in [0.3, 0.4) is 0 Å². The molecule has 0 aliphatic carbocycles. The van der Waals surface area contributed by atoms with E-state index in [-0.39, 0.29) is 6.61 Å². The van der Waals surface area contributed by atoms with Gasteiger partial charge in [-0.3, -0.25) is 4.98 Å². The van der Waals surface area contributed by atoms with E-state index in [0.717, 1.165) is 5.69 Å². The van der Waals surface area contributed by atoms with E-state index < -0.39 is 12.6 Å². The lowest BCUT2D eigenvalue weighted by molar-refractivity contribution is -0.139. The summed E-state index contributed by atoms with van der Waals surface area (Å²) in [5.74, 6) is 0.338. The van der Waals surface area contributed by atoms with Crippen molar-refractivity contribution in [3.8, 4) is 5.75 Å². The van der Waals surface area contributed by atoms with Crippen LogP contribution in [0.4, 0.5) is 13.2 Å². The number of ether oxygens (including phenoxy) is 1. The fraction of sp³-hybridized carbons (Fsp3) is 0.500. The first-order valence-electron chi connectivity index (χ1n) is 4.86. The second-order valence-electron chi connectivity index (χ2n) is 3.24. The van der Waals surface area contributed by atoms with Crippen molar-refractivity contribution >= 4 is 0 Å². The molecule has 0 aromatic carbocycles. The molecule has 2 N–H and O–H groups in total. The summed E-state index contributed by atoms with van der Waals surface area (Å²) < 4.78 is 40.3. The first-order chi connectivity index (χ1) is 7.51. The van der Waals surface area contributed by atoms with E-state index in [1.165, 1.54) is 6.20 Å². The standard InChI is InChI=1S/C10H13F3N2O/c11-10(12,13)4-6-16-9-2-1-8(3-5-14)15-7-9/h1-2,7H,3-6,14H2. The first-order valence-corrected chi connectivity index (χ1v) is 4.86. The number of alkyl halides is 3. The molecule has 1 aromatic rings. The molecule has 0 fully saturated rings. The summed E-state index contributed by atoms with van der Waals surface area (Å²) in [5, 5.41) is 0. The molecule has 1 heterocycles. The molecule has 1 rings (SSSR count). The average molecular weight is 234 g/mol. The SMILES string of the molecule is NCCc1ccc(OCCC(F)(F)F)cn1. The van der Waals surface area contributed by atoms with Gasteiger partial charge in [0.15, 0.2) is 0 Å². The highest BCUT2D eigenvalue weighted by molar-refractivity contribution is 5.19. The molecule has 0 atom stereocenters. The number of hydrogen-bond donors (Lipinski definition) is 1. The van der Waals surface area contributed by atoms with Crippen molar-refractivity contribution in [2.24, 2.45) is 5.73 Å². The van der Waals surface area contributed by atoms with Crippen molar-refractivity contribution in [1.82, 2.24) is 4.98 Å². The Morgan fingerprint density at radius 1 is 1.31 bits per heavy atom. The van der Waals surface area contributed by atoms with Crippen LogP contribution in [0.5, 0.6) is 5.75 Å². The van der Waals surface area contributed by atoms with Crippen molar-refractivity contribution in [3.05, 3.63) is 24.0 Å². The molecule has 0 aliphatic heterocycles. The lowest BCUT2D eigenvalue weighted by Crippen LogP contribution is -2.13. The summed E-state index contributed by atoms with van der Waals surface area (Å²) in [6.45, 7) is 0.0999. The third-order valence-electron chi connectivity index (χ3n) is 1.85. The Morgan fingerprint density at radius 3 is 2.56 bits per heavy atom. The van der Waals surface area contributed by atoms with Gasteiger partial charge in [0.2, 0.25) is 0 Å². The van der Waals surface area contributed by atoms with Gasteiger partial charge < -0.3 is 10.5 Å². The Balaban J connectivity index is 2.37. The van der Waals surface area contributed by atoms with Gasteiger partial charge >= 0.3 is 6.18 Å². The Hall–Kier alpha value is -1.30. The second-order valence-corrected chi connectivity index (χ2v) is 3.24. The summed E-state index contributed by atoms with van der Waals surface area (Å²) >= 11 is 0. The van der Waals surface area contributed by atoms with E-state index in [2.05, 4.69) is 4.98 Å². The highest BCUT2D eigenvalue weighted by Crippen LogP contribution is 2.20.